The predicted octanol–water partition coefficient (Wildman–Crippen LogP) is 5.73. The fourth-order valence-corrected chi connectivity index (χ4v) is 3.84. The van der Waals surface area contributed by atoms with Crippen LogP contribution >= 0.6 is 0 Å². The third-order valence-electron chi connectivity index (χ3n) is 6.02. The Balaban J connectivity index is 1.57. The molecule has 34 heavy (non-hydrogen) atoms. The number of benzene rings is 2. The molecule has 0 saturated heterocycles. The Kier molecular flexibility index (Phi) is 5.91. The minimum absolute atomic E-state index is 0.0679. The Hall–Kier alpha value is -4.26. The smallest absolute Gasteiger partial charge is 0.181 e. The lowest BCUT2D eigenvalue weighted by molar-refractivity contribution is 0.433. The maximum absolute atomic E-state index is 5.67. The summed E-state index contributed by atoms with van der Waals surface area (Å²) in [4.78, 5) is 11.2. The van der Waals surface area contributed by atoms with Crippen LogP contribution in [0.4, 0.5) is 5.69 Å². The zero-order chi connectivity index (χ0) is 23.5. The highest BCUT2D eigenvalue weighted by Gasteiger charge is 2.22. The molecule has 0 spiro atoms. The molecule has 0 aliphatic rings. The number of pyridine rings is 1. The van der Waals surface area contributed by atoms with Gasteiger partial charge in [0.1, 0.15) is 0 Å². The van der Waals surface area contributed by atoms with Crippen LogP contribution in [0.1, 0.15) is 25.5 Å². The molecule has 7 heteroatoms. The molecular weight excluding hydrogens is 424 g/mol. The quantitative estimate of drug-likeness (QED) is 0.315. The van der Waals surface area contributed by atoms with Gasteiger partial charge in [-0.15, -0.1) is 5.10 Å². The molecule has 3 heterocycles. The summed E-state index contributed by atoms with van der Waals surface area (Å²) in [5.41, 5.74) is 4.78. The zero-order valence-corrected chi connectivity index (χ0v) is 19.5. The summed E-state index contributed by atoms with van der Waals surface area (Å²) < 4.78 is 7.57. The molecule has 0 radical (unpaired) electrons. The van der Waals surface area contributed by atoms with Gasteiger partial charge in [-0.05, 0) is 55.8 Å². The number of rotatable bonds is 7. The van der Waals surface area contributed by atoms with Gasteiger partial charge in [0, 0.05) is 48.9 Å². The first-order valence-electron chi connectivity index (χ1n) is 11.3. The SMILES string of the molecule is CCN(C)c1ccc(-c2nc(-c3cc(-c4ccccc4)on3)n(C(C)c3ccncc3)n2)cc1. The van der Waals surface area contributed by atoms with Gasteiger partial charge < -0.3 is 9.42 Å². The molecule has 170 valence electrons. The van der Waals surface area contributed by atoms with E-state index in [2.05, 4.69) is 60.2 Å². The van der Waals surface area contributed by atoms with Crippen molar-refractivity contribution in [3.05, 3.63) is 90.8 Å². The molecule has 1 unspecified atom stereocenters. The Morgan fingerprint density at radius 3 is 2.38 bits per heavy atom. The highest BCUT2D eigenvalue weighted by molar-refractivity contribution is 5.66. The minimum Gasteiger partial charge on any atom is -0.375 e. The van der Waals surface area contributed by atoms with Gasteiger partial charge in [-0.2, -0.15) is 0 Å². The van der Waals surface area contributed by atoms with Crippen molar-refractivity contribution < 1.29 is 4.52 Å². The van der Waals surface area contributed by atoms with Crippen LogP contribution in [-0.2, 0) is 0 Å². The van der Waals surface area contributed by atoms with Crippen LogP contribution < -0.4 is 4.90 Å². The van der Waals surface area contributed by atoms with E-state index in [1.807, 2.05) is 53.2 Å². The first-order valence-corrected chi connectivity index (χ1v) is 11.3. The van der Waals surface area contributed by atoms with E-state index in [4.69, 9.17) is 14.6 Å². The number of aromatic nitrogens is 5. The fraction of sp³-hybridized carbons (Fsp3) is 0.185. The van der Waals surface area contributed by atoms with Crippen LogP contribution in [0, 0.1) is 0 Å². The largest absolute Gasteiger partial charge is 0.375 e. The Labute approximate surface area is 198 Å². The highest BCUT2D eigenvalue weighted by Crippen LogP contribution is 2.30. The molecule has 1 atom stereocenters. The van der Waals surface area contributed by atoms with Crippen molar-refractivity contribution in [2.75, 3.05) is 18.5 Å². The van der Waals surface area contributed by atoms with Crippen LogP contribution in [0.3, 0.4) is 0 Å². The topological polar surface area (TPSA) is 72.9 Å². The second-order valence-electron chi connectivity index (χ2n) is 8.16. The number of hydrogen-bond donors (Lipinski definition) is 0. The van der Waals surface area contributed by atoms with E-state index in [0.29, 0.717) is 23.1 Å². The van der Waals surface area contributed by atoms with Gasteiger partial charge in [0.25, 0.3) is 0 Å². The Bertz CT molecular complexity index is 1360. The van der Waals surface area contributed by atoms with E-state index in [1.54, 1.807) is 12.4 Å². The second-order valence-corrected chi connectivity index (χ2v) is 8.16. The van der Waals surface area contributed by atoms with Gasteiger partial charge in [0.15, 0.2) is 23.1 Å². The minimum atomic E-state index is -0.0679. The average Bonchev–Trinajstić information content (AvgIpc) is 3.57. The van der Waals surface area contributed by atoms with Gasteiger partial charge in [-0.1, -0.05) is 35.5 Å². The molecule has 0 aliphatic heterocycles. The van der Waals surface area contributed by atoms with E-state index in [1.165, 1.54) is 0 Å². The van der Waals surface area contributed by atoms with Gasteiger partial charge in [0.2, 0.25) is 0 Å². The van der Waals surface area contributed by atoms with Crippen molar-refractivity contribution in [2.45, 2.75) is 19.9 Å². The summed E-state index contributed by atoms with van der Waals surface area (Å²) >= 11 is 0. The van der Waals surface area contributed by atoms with Crippen LogP contribution in [-0.4, -0.2) is 38.5 Å². The maximum Gasteiger partial charge on any atom is 0.181 e. The van der Waals surface area contributed by atoms with Gasteiger partial charge in [-0.3, -0.25) is 4.98 Å². The highest BCUT2D eigenvalue weighted by atomic mass is 16.5. The summed E-state index contributed by atoms with van der Waals surface area (Å²) in [6.45, 7) is 5.16. The normalized spacial score (nSPS) is 12.0. The molecule has 5 rings (SSSR count). The van der Waals surface area contributed by atoms with Crippen molar-refractivity contribution in [2.24, 2.45) is 0 Å². The van der Waals surface area contributed by atoms with Crippen molar-refractivity contribution >= 4 is 5.69 Å². The van der Waals surface area contributed by atoms with E-state index in [9.17, 15) is 0 Å². The number of nitrogens with zero attached hydrogens (tertiary/aromatic N) is 6. The van der Waals surface area contributed by atoms with E-state index in [0.717, 1.165) is 28.9 Å². The second kappa shape index (κ2) is 9.31. The van der Waals surface area contributed by atoms with Crippen molar-refractivity contribution in [3.8, 4) is 34.2 Å². The van der Waals surface area contributed by atoms with Crippen LogP contribution in [0.5, 0.6) is 0 Å². The summed E-state index contributed by atoms with van der Waals surface area (Å²) in [5.74, 6) is 1.99. The van der Waals surface area contributed by atoms with E-state index in [-0.39, 0.29) is 6.04 Å². The molecule has 0 bridgehead atoms. The van der Waals surface area contributed by atoms with E-state index >= 15 is 0 Å². The number of anilines is 1. The van der Waals surface area contributed by atoms with Crippen LogP contribution in [0.15, 0.2) is 89.7 Å². The van der Waals surface area contributed by atoms with Crippen LogP contribution in [0.2, 0.25) is 0 Å². The summed E-state index contributed by atoms with van der Waals surface area (Å²) in [6, 6.07) is 24.0. The number of hydrogen-bond acceptors (Lipinski definition) is 6. The maximum atomic E-state index is 5.67. The first kappa shape index (κ1) is 21.6. The van der Waals surface area contributed by atoms with Crippen molar-refractivity contribution in [1.82, 2.24) is 24.9 Å². The fourth-order valence-electron chi connectivity index (χ4n) is 3.84. The third kappa shape index (κ3) is 4.20. The summed E-state index contributed by atoms with van der Waals surface area (Å²) in [6.07, 6.45) is 3.58. The molecule has 0 aliphatic carbocycles. The summed E-state index contributed by atoms with van der Waals surface area (Å²) in [5, 5.41) is 9.24. The lowest BCUT2D eigenvalue weighted by Gasteiger charge is -2.16. The standard InChI is InChI=1S/C27H26N6O/c1-4-32(3)23-12-10-22(11-13-23)26-29-27(33(30-26)19(2)20-14-16-28-17-15-20)24-18-25(34-31-24)21-8-6-5-7-9-21/h5-19H,4H2,1-3H3. The monoisotopic (exact) mass is 450 g/mol. The Morgan fingerprint density at radius 1 is 0.941 bits per heavy atom. The third-order valence-corrected chi connectivity index (χ3v) is 6.02. The average molecular weight is 451 g/mol. The lowest BCUT2D eigenvalue weighted by Crippen LogP contribution is -2.15. The van der Waals surface area contributed by atoms with Crippen molar-refractivity contribution in [1.29, 1.82) is 0 Å². The molecule has 0 fully saturated rings. The van der Waals surface area contributed by atoms with Gasteiger partial charge in [-0.25, -0.2) is 9.67 Å². The molecule has 0 N–H and O–H groups in total. The van der Waals surface area contributed by atoms with Crippen LogP contribution in [0.25, 0.3) is 34.2 Å². The molecule has 7 nitrogen and oxygen atoms in total. The molecule has 2 aromatic carbocycles. The van der Waals surface area contributed by atoms with Gasteiger partial charge >= 0.3 is 0 Å². The predicted molar refractivity (Wildman–Crippen MR) is 133 cm³/mol. The van der Waals surface area contributed by atoms with E-state index < -0.39 is 0 Å². The molecule has 3 aromatic heterocycles. The first-order chi connectivity index (χ1) is 16.6. The lowest BCUT2D eigenvalue weighted by atomic mass is 10.1. The summed E-state index contributed by atoms with van der Waals surface area (Å²) in [7, 11) is 2.07. The zero-order valence-electron chi connectivity index (χ0n) is 19.5. The Morgan fingerprint density at radius 2 is 1.68 bits per heavy atom. The van der Waals surface area contributed by atoms with Gasteiger partial charge in [0.05, 0.1) is 6.04 Å². The van der Waals surface area contributed by atoms with Crippen molar-refractivity contribution in [3.63, 3.8) is 0 Å². The molecule has 0 saturated carbocycles. The molecule has 0 amide bonds. The molecule has 5 aromatic rings. The molecular formula is C27H26N6O.